The van der Waals surface area contributed by atoms with Gasteiger partial charge in [-0.05, 0) is 47.5 Å². The highest BCUT2D eigenvalue weighted by Gasteiger charge is 2.41. The lowest BCUT2D eigenvalue weighted by Crippen LogP contribution is -2.50. The molecule has 1 fully saturated rings. The molecule has 1 N–H and O–H groups in total. The van der Waals surface area contributed by atoms with Gasteiger partial charge >= 0.3 is 5.97 Å². The standard InChI is InChI=1S/C13H25NO4/c1-6-17-11(15)10-8-7-9(2)14(10)12(16)18-13(3,4)5/h9-10,12,16H,6-8H2,1-5H3/t9?,10-,12?/m0/s1. The van der Waals surface area contributed by atoms with Crippen molar-refractivity contribution in [2.75, 3.05) is 6.61 Å². The predicted molar refractivity (Wildman–Crippen MR) is 67.8 cm³/mol. The average molecular weight is 259 g/mol. The molecule has 0 aromatic rings. The molecule has 18 heavy (non-hydrogen) atoms. The van der Waals surface area contributed by atoms with Crippen molar-refractivity contribution in [3.8, 4) is 0 Å². The van der Waals surface area contributed by atoms with Gasteiger partial charge in [0.15, 0.2) is 0 Å². The number of hydrogen-bond donors (Lipinski definition) is 1. The van der Waals surface area contributed by atoms with Crippen molar-refractivity contribution >= 4 is 5.97 Å². The van der Waals surface area contributed by atoms with E-state index in [0.717, 1.165) is 6.42 Å². The first kappa shape index (κ1) is 15.4. The Labute approximate surface area is 109 Å². The molecule has 106 valence electrons. The molecule has 0 aromatic carbocycles. The number of carbonyl (C=O) groups is 1. The summed E-state index contributed by atoms with van der Waals surface area (Å²) in [7, 11) is 0. The van der Waals surface area contributed by atoms with E-state index < -0.39 is 18.1 Å². The Bertz CT molecular complexity index is 287. The van der Waals surface area contributed by atoms with Crippen molar-refractivity contribution in [1.29, 1.82) is 0 Å². The van der Waals surface area contributed by atoms with Gasteiger partial charge in [-0.25, -0.2) is 4.90 Å². The summed E-state index contributed by atoms with van der Waals surface area (Å²) >= 11 is 0. The maximum Gasteiger partial charge on any atom is 0.323 e. The molecule has 1 heterocycles. The lowest BCUT2D eigenvalue weighted by Gasteiger charge is -2.35. The van der Waals surface area contributed by atoms with Gasteiger partial charge in [-0.2, -0.15) is 0 Å². The van der Waals surface area contributed by atoms with Crippen molar-refractivity contribution in [1.82, 2.24) is 4.90 Å². The molecular weight excluding hydrogens is 234 g/mol. The van der Waals surface area contributed by atoms with Crippen LogP contribution in [0.4, 0.5) is 0 Å². The van der Waals surface area contributed by atoms with Crippen LogP contribution in [0.2, 0.25) is 0 Å². The van der Waals surface area contributed by atoms with Crippen LogP contribution >= 0.6 is 0 Å². The van der Waals surface area contributed by atoms with Crippen molar-refractivity contribution in [3.05, 3.63) is 0 Å². The van der Waals surface area contributed by atoms with Crippen molar-refractivity contribution in [2.45, 2.75) is 71.6 Å². The number of likely N-dealkylation sites (tertiary alicyclic amines) is 1. The van der Waals surface area contributed by atoms with E-state index >= 15 is 0 Å². The Morgan fingerprint density at radius 3 is 2.56 bits per heavy atom. The van der Waals surface area contributed by atoms with Crippen LogP contribution in [0.3, 0.4) is 0 Å². The SMILES string of the molecule is CCOC(=O)[C@@H]1CCC(C)N1C(O)OC(C)(C)C. The number of hydrogen-bond acceptors (Lipinski definition) is 5. The zero-order chi connectivity index (χ0) is 13.9. The van der Waals surface area contributed by atoms with Crippen LogP contribution in [0, 0.1) is 0 Å². The summed E-state index contributed by atoms with van der Waals surface area (Å²) in [4.78, 5) is 13.5. The van der Waals surface area contributed by atoms with E-state index in [0.29, 0.717) is 13.0 Å². The van der Waals surface area contributed by atoms with Gasteiger partial charge in [-0.15, -0.1) is 0 Å². The van der Waals surface area contributed by atoms with E-state index in [9.17, 15) is 9.90 Å². The highest BCUT2D eigenvalue weighted by Crippen LogP contribution is 2.28. The lowest BCUT2D eigenvalue weighted by atomic mass is 10.2. The molecule has 0 bridgehead atoms. The summed E-state index contributed by atoms with van der Waals surface area (Å²) in [6.07, 6.45) is 0.482. The fraction of sp³-hybridized carbons (Fsp3) is 0.923. The molecule has 0 radical (unpaired) electrons. The molecule has 2 unspecified atom stereocenters. The average Bonchev–Trinajstić information content (AvgIpc) is 2.58. The third kappa shape index (κ3) is 3.93. The van der Waals surface area contributed by atoms with Gasteiger partial charge in [0.2, 0.25) is 6.41 Å². The van der Waals surface area contributed by atoms with Crippen LogP contribution < -0.4 is 0 Å². The van der Waals surface area contributed by atoms with Crippen molar-refractivity contribution in [2.24, 2.45) is 0 Å². The Balaban J connectivity index is 2.72. The second-order valence-electron chi connectivity index (χ2n) is 5.70. The molecule has 1 rings (SSSR count). The summed E-state index contributed by atoms with van der Waals surface area (Å²) in [6.45, 7) is 9.73. The van der Waals surface area contributed by atoms with Gasteiger partial charge in [0.25, 0.3) is 0 Å². The largest absolute Gasteiger partial charge is 0.465 e. The molecule has 0 aromatic heterocycles. The minimum Gasteiger partial charge on any atom is -0.465 e. The first-order chi connectivity index (χ1) is 8.26. The topological polar surface area (TPSA) is 59.0 Å². The molecule has 5 nitrogen and oxygen atoms in total. The molecular formula is C13H25NO4. The first-order valence-corrected chi connectivity index (χ1v) is 6.56. The summed E-state index contributed by atoms with van der Waals surface area (Å²) < 4.78 is 10.6. The fourth-order valence-corrected chi connectivity index (χ4v) is 2.23. The quantitative estimate of drug-likeness (QED) is 0.612. The van der Waals surface area contributed by atoms with E-state index in [1.165, 1.54) is 0 Å². The zero-order valence-electron chi connectivity index (χ0n) is 12.0. The highest BCUT2D eigenvalue weighted by molar-refractivity contribution is 5.76. The second-order valence-corrected chi connectivity index (χ2v) is 5.70. The third-order valence-corrected chi connectivity index (χ3v) is 3.00. The summed E-state index contributed by atoms with van der Waals surface area (Å²) in [5.74, 6) is -0.279. The van der Waals surface area contributed by atoms with Crippen molar-refractivity contribution in [3.63, 3.8) is 0 Å². The Hall–Kier alpha value is -0.650. The number of rotatable bonds is 4. The number of nitrogens with zero attached hydrogens (tertiary/aromatic N) is 1. The van der Waals surface area contributed by atoms with Gasteiger partial charge < -0.3 is 14.6 Å². The van der Waals surface area contributed by atoms with Crippen LogP contribution in [-0.4, -0.2) is 46.7 Å². The zero-order valence-corrected chi connectivity index (χ0v) is 12.0. The van der Waals surface area contributed by atoms with Crippen LogP contribution in [0.5, 0.6) is 0 Å². The number of esters is 1. The highest BCUT2D eigenvalue weighted by atomic mass is 16.6. The fourth-order valence-electron chi connectivity index (χ4n) is 2.23. The molecule has 1 aliphatic heterocycles. The normalized spacial score (nSPS) is 27.2. The van der Waals surface area contributed by atoms with Gasteiger partial charge in [0.05, 0.1) is 12.2 Å². The molecule has 0 aliphatic carbocycles. The van der Waals surface area contributed by atoms with Gasteiger partial charge in [-0.1, -0.05) is 0 Å². The predicted octanol–water partition coefficient (Wildman–Crippen LogP) is 1.49. The van der Waals surface area contributed by atoms with E-state index in [1.54, 1.807) is 11.8 Å². The maximum atomic E-state index is 11.8. The van der Waals surface area contributed by atoms with Crippen LogP contribution in [0.1, 0.15) is 47.5 Å². The lowest BCUT2D eigenvalue weighted by molar-refractivity contribution is -0.251. The summed E-state index contributed by atoms with van der Waals surface area (Å²) in [5.41, 5.74) is -0.457. The Morgan fingerprint density at radius 1 is 1.44 bits per heavy atom. The maximum absolute atomic E-state index is 11.8. The van der Waals surface area contributed by atoms with Gasteiger partial charge in [-0.3, -0.25) is 4.79 Å². The second kappa shape index (κ2) is 5.99. The molecule has 0 saturated carbocycles. The van der Waals surface area contributed by atoms with E-state index in [4.69, 9.17) is 9.47 Å². The van der Waals surface area contributed by atoms with Crippen molar-refractivity contribution < 1.29 is 19.4 Å². The Kier molecular flexibility index (Phi) is 5.13. The van der Waals surface area contributed by atoms with E-state index in [2.05, 4.69) is 0 Å². The molecule has 1 saturated heterocycles. The minimum absolute atomic E-state index is 0.108. The monoisotopic (exact) mass is 259 g/mol. The summed E-state index contributed by atoms with van der Waals surface area (Å²) in [5, 5.41) is 10.1. The number of ether oxygens (including phenoxy) is 2. The van der Waals surface area contributed by atoms with Gasteiger partial charge in [0.1, 0.15) is 6.04 Å². The molecule has 1 aliphatic rings. The smallest absolute Gasteiger partial charge is 0.323 e. The number of carbonyl (C=O) groups excluding carboxylic acids is 1. The van der Waals surface area contributed by atoms with E-state index in [1.807, 2.05) is 27.7 Å². The van der Waals surface area contributed by atoms with Gasteiger partial charge in [0, 0.05) is 6.04 Å². The number of aliphatic hydroxyl groups excluding tert-OH is 1. The molecule has 0 spiro atoms. The van der Waals surface area contributed by atoms with Crippen LogP contribution in [0.25, 0.3) is 0 Å². The van der Waals surface area contributed by atoms with Crippen LogP contribution in [-0.2, 0) is 14.3 Å². The third-order valence-electron chi connectivity index (χ3n) is 3.00. The van der Waals surface area contributed by atoms with E-state index in [-0.39, 0.29) is 12.0 Å². The Morgan fingerprint density at radius 2 is 2.06 bits per heavy atom. The molecule has 5 heteroatoms. The molecule has 3 atom stereocenters. The number of aliphatic hydroxyl groups is 1. The van der Waals surface area contributed by atoms with Crippen LogP contribution in [0.15, 0.2) is 0 Å². The molecule has 0 amide bonds. The minimum atomic E-state index is -1.07. The first-order valence-electron chi connectivity index (χ1n) is 6.56. The summed E-state index contributed by atoms with van der Waals surface area (Å²) in [6, 6.07) is -0.297.